The molecule has 2 aromatic rings. The highest BCUT2D eigenvalue weighted by Gasteiger charge is 2.08. The number of carboxylic acids is 1. The first kappa shape index (κ1) is 11.6. The average Bonchev–Trinajstić information content (AvgIpc) is 2.75. The first-order valence-electron chi connectivity index (χ1n) is 5.07. The Hall–Kier alpha value is -1.88. The summed E-state index contributed by atoms with van der Waals surface area (Å²) in [6, 6.07) is 6.74. The minimum Gasteiger partial charge on any atom is -0.478 e. The minimum atomic E-state index is -0.913. The maximum Gasteiger partial charge on any atom is 0.335 e. The first-order chi connectivity index (χ1) is 8.08. The summed E-state index contributed by atoms with van der Waals surface area (Å²) in [6.07, 6.45) is 0. The molecule has 0 spiro atoms. The molecule has 1 aromatic heterocycles. The number of benzene rings is 1. The van der Waals surface area contributed by atoms with Gasteiger partial charge < -0.3 is 10.0 Å². The lowest BCUT2D eigenvalue weighted by molar-refractivity contribution is 0.0697. The highest BCUT2D eigenvalue weighted by atomic mass is 32.1. The molecule has 0 fully saturated rings. The molecule has 0 radical (unpaired) electrons. The number of aromatic carboxylic acids is 1. The molecule has 0 bridgehead atoms. The van der Waals surface area contributed by atoms with Gasteiger partial charge in [0, 0.05) is 18.1 Å². The van der Waals surface area contributed by atoms with Crippen LogP contribution in [0.15, 0.2) is 29.6 Å². The molecule has 0 unspecified atom stereocenters. The van der Waals surface area contributed by atoms with E-state index in [-0.39, 0.29) is 5.56 Å². The Morgan fingerprint density at radius 1 is 1.35 bits per heavy atom. The van der Waals surface area contributed by atoms with Crippen LogP contribution in [0, 0.1) is 6.92 Å². The fraction of sp³-hybridized carbons (Fsp3) is 0.167. The number of rotatable bonds is 3. The van der Waals surface area contributed by atoms with E-state index < -0.39 is 5.97 Å². The maximum atomic E-state index is 10.7. The monoisotopic (exact) mass is 248 g/mol. The van der Waals surface area contributed by atoms with Crippen molar-refractivity contribution in [2.45, 2.75) is 6.92 Å². The second-order valence-corrected chi connectivity index (χ2v) is 4.52. The standard InChI is InChI=1S/C12H12N2O2S/c1-8-7-17-12(13-8)14(2)10-5-3-9(4-6-10)11(15)16/h3-7H,1-2H3,(H,15,16). The van der Waals surface area contributed by atoms with Gasteiger partial charge in [-0.3, -0.25) is 0 Å². The summed E-state index contributed by atoms with van der Waals surface area (Å²) in [5.74, 6) is -0.913. The third-order valence-corrected chi connectivity index (χ3v) is 3.43. The maximum absolute atomic E-state index is 10.7. The van der Waals surface area contributed by atoms with Gasteiger partial charge in [0.15, 0.2) is 5.13 Å². The Bertz CT molecular complexity index is 534. The van der Waals surface area contributed by atoms with Crippen LogP contribution in [0.1, 0.15) is 16.1 Å². The molecule has 1 N–H and O–H groups in total. The molecule has 0 saturated heterocycles. The van der Waals surface area contributed by atoms with Crippen molar-refractivity contribution < 1.29 is 9.90 Å². The van der Waals surface area contributed by atoms with Gasteiger partial charge in [0.05, 0.1) is 11.3 Å². The van der Waals surface area contributed by atoms with Crippen molar-refractivity contribution >= 4 is 28.1 Å². The zero-order valence-corrected chi connectivity index (χ0v) is 10.4. The van der Waals surface area contributed by atoms with Gasteiger partial charge in [0.25, 0.3) is 0 Å². The highest BCUT2D eigenvalue weighted by molar-refractivity contribution is 7.13. The zero-order valence-electron chi connectivity index (χ0n) is 9.54. The molecule has 0 atom stereocenters. The Morgan fingerprint density at radius 3 is 2.47 bits per heavy atom. The van der Waals surface area contributed by atoms with E-state index in [2.05, 4.69) is 4.98 Å². The van der Waals surface area contributed by atoms with E-state index >= 15 is 0 Å². The number of carboxylic acid groups (broad SMARTS) is 1. The van der Waals surface area contributed by atoms with Crippen molar-refractivity contribution in [3.63, 3.8) is 0 Å². The lowest BCUT2D eigenvalue weighted by Gasteiger charge is -2.15. The van der Waals surface area contributed by atoms with Gasteiger partial charge in [-0.25, -0.2) is 9.78 Å². The fourth-order valence-corrected chi connectivity index (χ4v) is 2.22. The van der Waals surface area contributed by atoms with Crippen LogP contribution in [0.3, 0.4) is 0 Å². The van der Waals surface area contributed by atoms with Crippen LogP contribution in [0.2, 0.25) is 0 Å². The number of hydrogen-bond donors (Lipinski definition) is 1. The van der Waals surface area contributed by atoms with Crippen LogP contribution in [0.5, 0.6) is 0 Å². The van der Waals surface area contributed by atoms with E-state index in [0.29, 0.717) is 0 Å². The van der Waals surface area contributed by atoms with Gasteiger partial charge >= 0.3 is 5.97 Å². The van der Waals surface area contributed by atoms with E-state index in [4.69, 9.17) is 5.11 Å². The molecule has 1 heterocycles. The summed E-state index contributed by atoms with van der Waals surface area (Å²) in [5, 5.41) is 11.7. The van der Waals surface area contributed by atoms with E-state index in [9.17, 15) is 4.79 Å². The molecular weight excluding hydrogens is 236 g/mol. The predicted molar refractivity (Wildman–Crippen MR) is 68.3 cm³/mol. The summed E-state index contributed by atoms with van der Waals surface area (Å²) in [4.78, 5) is 17.0. The summed E-state index contributed by atoms with van der Waals surface area (Å²) >= 11 is 1.56. The van der Waals surface area contributed by atoms with Gasteiger partial charge in [-0.05, 0) is 31.2 Å². The van der Waals surface area contributed by atoms with Crippen molar-refractivity contribution in [3.05, 3.63) is 40.9 Å². The minimum absolute atomic E-state index is 0.289. The molecule has 88 valence electrons. The molecular formula is C12H12N2O2S. The molecule has 4 nitrogen and oxygen atoms in total. The van der Waals surface area contributed by atoms with Gasteiger partial charge in [0.2, 0.25) is 0 Å². The van der Waals surface area contributed by atoms with Crippen LogP contribution in [-0.4, -0.2) is 23.1 Å². The summed E-state index contributed by atoms with van der Waals surface area (Å²) < 4.78 is 0. The molecule has 0 aliphatic rings. The lowest BCUT2D eigenvalue weighted by Crippen LogP contribution is -2.09. The summed E-state index contributed by atoms with van der Waals surface area (Å²) in [6.45, 7) is 1.95. The van der Waals surface area contributed by atoms with Crippen LogP contribution in [0.25, 0.3) is 0 Å². The van der Waals surface area contributed by atoms with Crippen LogP contribution in [0.4, 0.5) is 10.8 Å². The first-order valence-corrected chi connectivity index (χ1v) is 5.95. The third-order valence-electron chi connectivity index (χ3n) is 2.40. The quantitative estimate of drug-likeness (QED) is 0.907. The smallest absolute Gasteiger partial charge is 0.335 e. The number of thiazole rings is 1. The van der Waals surface area contributed by atoms with Crippen LogP contribution < -0.4 is 4.90 Å². The number of carbonyl (C=O) groups is 1. The fourth-order valence-electron chi connectivity index (χ4n) is 1.43. The molecule has 17 heavy (non-hydrogen) atoms. The van der Waals surface area contributed by atoms with Crippen LogP contribution in [-0.2, 0) is 0 Å². The number of anilines is 2. The molecule has 0 amide bonds. The van der Waals surface area contributed by atoms with Crippen molar-refractivity contribution in [3.8, 4) is 0 Å². The normalized spacial score (nSPS) is 10.2. The number of aryl methyl sites for hydroxylation is 1. The van der Waals surface area contributed by atoms with Gasteiger partial charge in [0.1, 0.15) is 0 Å². The van der Waals surface area contributed by atoms with Crippen molar-refractivity contribution in [2.24, 2.45) is 0 Å². The zero-order chi connectivity index (χ0) is 12.4. The molecule has 2 rings (SSSR count). The molecule has 1 aromatic carbocycles. The van der Waals surface area contributed by atoms with Gasteiger partial charge in [-0.2, -0.15) is 0 Å². The largest absolute Gasteiger partial charge is 0.478 e. The van der Waals surface area contributed by atoms with Crippen molar-refractivity contribution in [2.75, 3.05) is 11.9 Å². The van der Waals surface area contributed by atoms with E-state index in [1.165, 1.54) is 0 Å². The SMILES string of the molecule is Cc1csc(N(C)c2ccc(C(=O)O)cc2)n1. The lowest BCUT2D eigenvalue weighted by atomic mass is 10.2. The number of nitrogens with zero attached hydrogens (tertiary/aromatic N) is 2. The summed E-state index contributed by atoms with van der Waals surface area (Å²) in [7, 11) is 1.91. The Balaban J connectivity index is 2.25. The van der Waals surface area contributed by atoms with Gasteiger partial charge in [-0.1, -0.05) is 0 Å². The van der Waals surface area contributed by atoms with Crippen molar-refractivity contribution in [1.82, 2.24) is 4.98 Å². The second-order valence-electron chi connectivity index (χ2n) is 3.68. The predicted octanol–water partition coefficient (Wildman–Crippen LogP) is 2.92. The third kappa shape index (κ3) is 2.45. The van der Waals surface area contributed by atoms with E-state index in [1.54, 1.807) is 35.6 Å². The summed E-state index contributed by atoms with van der Waals surface area (Å²) in [5.41, 5.74) is 2.20. The topological polar surface area (TPSA) is 53.4 Å². The van der Waals surface area contributed by atoms with Crippen LogP contribution >= 0.6 is 11.3 Å². The van der Waals surface area contributed by atoms with Gasteiger partial charge in [-0.15, -0.1) is 11.3 Å². The molecule has 5 heteroatoms. The molecule has 0 saturated carbocycles. The second kappa shape index (κ2) is 4.55. The van der Waals surface area contributed by atoms with E-state index in [1.807, 2.05) is 24.3 Å². The van der Waals surface area contributed by atoms with E-state index in [0.717, 1.165) is 16.5 Å². The Kier molecular flexibility index (Phi) is 3.10. The average molecular weight is 248 g/mol. The Morgan fingerprint density at radius 2 is 2.00 bits per heavy atom. The molecule has 0 aliphatic heterocycles. The molecule has 0 aliphatic carbocycles. The number of hydrogen-bond acceptors (Lipinski definition) is 4. The highest BCUT2D eigenvalue weighted by Crippen LogP contribution is 2.26. The Labute approximate surface area is 103 Å². The van der Waals surface area contributed by atoms with Crippen molar-refractivity contribution in [1.29, 1.82) is 0 Å². The number of aromatic nitrogens is 1.